The zero-order chi connectivity index (χ0) is 29.8. The second-order valence-electron chi connectivity index (χ2n) is 10.4. The normalized spacial score (nSPS) is 11.2. The first kappa shape index (κ1) is 28.2. The van der Waals surface area contributed by atoms with Crippen LogP contribution in [0.15, 0.2) is 95.4 Å². The molecule has 0 spiro atoms. The quantitative estimate of drug-likeness (QED) is 0.177. The predicted molar refractivity (Wildman–Crippen MR) is 170 cm³/mol. The van der Waals surface area contributed by atoms with E-state index in [-0.39, 0.29) is 11.5 Å². The molecule has 0 bridgehead atoms. The van der Waals surface area contributed by atoms with Crippen molar-refractivity contribution in [2.75, 3.05) is 11.4 Å². The first-order chi connectivity index (χ1) is 21.0. The van der Waals surface area contributed by atoms with E-state index in [1.165, 1.54) is 11.3 Å². The molecule has 0 fully saturated rings. The first-order valence-electron chi connectivity index (χ1n) is 14.3. The van der Waals surface area contributed by atoms with Crippen LogP contribution in [-0.4, -0.2) is 42.2 Å². The number of hydrogen-bond acceptors (Lipinski definition) is 7. The third-order valence-electron chi connectivity index (χ3n) is 7.49. The van der Waals surface area contributed by atoms with Crippen molar-refractivity contribution in [3.05, 3.63) is 111 Å². The van der Waals surface area contributed by atoms with E-state index in [1.807, 2.05) is 85.2 Å². The van der Waals surface area contributed by atoms with Crippen molar-refractivity contribution < 1.29 is 4.79 Å². The van der Waals surface area contributed by atoms with E-state index in [1.54, 1.807) is 26.5 Å². The molecule has 0 aliphatic heterocycles. The molecule has 0 radical (unpaired) electrons. The van der Waals surface area contributed by atoms with Gasteiger partial charge in [0, 0.05) is 24.8 Å². The SMILES string of the molecule is CCCCCN(C(=O)c1cccs1)c1ccc2ncn(Cc3ccc(-c4ccccc4-c4nnnn4C)cc3)c(=O)c2c1. The van der Waals surface area contributed by atoms with Crippen molar-refractivity contribution in [1.82, 2.24) is 29.8 Å². The van der Waals surface area contributed by atoms with Gasteiger partial charge in [-0.1, -0.05) is 74.4 Å². The number of carbonyl (C=O) groups is 1. The number of nitrogens with zero attached hydrogens (tertiary/aromatic N) is 7. The van der Waals surface area contributed by atoms with E-state index >= 15 is 0 Å². The molecule has 0 atom stereocenters. The van der Waals surface area contributed by atoms with E-state index in [0.717, 1.165) is 41.5 Å². The molecule has 6 rings (SSSR count). The summed E-state index contributed by atoms with van der Waals surface area (Å²) in [4.78, 5) is 34.1. The van der Waals surface area contributed by atoms with Crippen molar-refractivity contribution in [3.8, 4) is 22.5 Å². The maximum Gasteiger partial charge on any atom is 0.268 e. The van der Waals surface area contributed by atoms with E-state index in [0.29, 0.717) is 40.4 Å². The minimum Gasteiger partial charge on any atom is -0.308 e. The molecular formula is C33H31N7O2S. The lowest BCUT2D eigenvalue weighted by Gasteiger charge is -2.22. The number of amides is 1. The Labute approximate surface area is 253 Å². The molecule has 9 nitrogen and oxygen atoms in total. The van der Waals surface area contributed by atoms with E-state index in [9.17, 15) is 9.59 Å². The van der Waals surface area contributed by atoms with Crippen molar-refractivity contribution in [3.63, 3.8) is 0 Å². The highest BCUT2D eigenvalue weighted by molar-refractivity contribution is 7.12. The Kier molecular flexibility index (Phi) is 8.19. The zero-order valence-corrected chi connectivity index (χ0v) is 24.9. The Morgan fingerprint density at radius 1 is 0.953 bits per heavy atom. The van der Waals surface area contributed by atoms with Crippen LogP contribution in [0.1, 0.15) is 41.4 Å². The Balaban J connectivity index is 1.28. The number of aromatic nitrogens is 6. The monoisotopic (exact) mass is 589 g/mol. The molecule has 6 aromatic rings. The summed E-state index contributed by atoms with van der Waals surface area (Å²) >= 11 is 1.42. The number of rotatable bonds is 10. The molecule has 1 amide bonds. The highest BCUT2D eigenvalue weighted by Crippen LogP contribution is 2.30. The first-order valence-corrected chi connectivity index (χ1v) is 15.2. The van der Waals surface area contributed by atoms with Gasteiger partial charge in [0.25, 0.3) is 11.5 Å². The van der Waals surface area contributed by atoms with Gasteiger partial charge in [-0.3, -0.25) is 14.2 Å². The van der Waals surface area contributed by atoms with Gasteiger partial charge in [0.15, 0.2) is 5.82 Å². The number of unbranched alkanes of at least 4 members (excludes halogenated alkanes) is 2. The Morgan fingerprint density at radius 2 is 1.77 bits per heavy atom. The lowest BCUT2D eigenvalue weighted by Crippen LogP contribution is -2.31. The van der Waals surface area contributed by atoms with Crippen LogP contribution >= 0.6 is 11.3 Å². The lowest BCUT2D eigenvalue weighted by molar-refractivity contribution is 0.0990. The maximum absolute atomic E-state index is 13.7. The van der Waals surface area contributed by atoms with Crippen molar-refractivity contribution in [2.45, 2.75) is 32.7 Å². The molecule has 43 heavy (non-hydrogen) atoms. The molecular weight excluding hydrogens is 558 g/mol. The smallest absolute Gasteiger partial charge is 0.268 e. The maximum atomic E-state index is 13.7. The van der Waals surface area contributed by atoms with E-state index in [2.05, 4.69) is 27.4 Å². The molecule has 0 unspecified atom stereocenters. The predicted octanol–water partition coefficient (Wildman–Crippen LogP) is 6.20. The van der Waals surface area contributed by atoms with Crippen LogP contribution in [0.2, 0.25) is 0 Å². The fourth-order valence-electron chi connectivity index (χ4n) is 5.20. The number of hydrogen-bond donors (Lipinski definition) is 0. The minimum atomic E-state index is -0.145. The molecule has 0 N–H and O–H groups in total. The Bertz CT molecular complexity index is 1930. The number of tetrazole rings is 1. The largest absolute Gasteiger partial charge is 0.308 e. The van der Waals surface area contributed by atoms with Gasteiger partial charge in [0.2, 0.25) is 0 Å². The third-order valence-corrected chi connectivity index (χ3v) is 8.35. The molecule has 0 saturated carbocycles. The summed E-state index contributed by atoms with van der Waals surface area (Å²) in [6.07, 6.45) is 4.56. The highest BCUT2D eigenvalue weighted by atomic mass is 32.1. The topological polar surface area (TPSA) is 98.8 Å². The summed E-state index contributed by atoms with van der Waals surface area (Å²) in [6.45, 7) is 3.10. The molecule has 216 valence electrons. The number of carbonyl (C=O) groups excluding carboxylic acids is 1. The van der Waals surface area contributed by atoms with Gasteiger partial charge in [0.1, 0.15) is 0 Å². The van der Waals surface area contributed by atoms with E-state index < -0.39 is 0 Å². The molecule has 3 aromatic heterocycles. The van der Waals surface area contributed by atoms with E-state index in [4.69, 9.17) is 0 Å². The molecule has 3 aromatic carbocycles. The number of fused-ring (bicyclic) bond motifs is 1. The van der Waals surface area contributed by atoms with Gasteiger partial charge >= 0.3 is 0 Å². The van der Waals surface area contributed by atoms with Crippen LogP contribution < -0.4 is 10.5 Å². The molecule has 0 saturated heterocycles. The molecule has 10 heteroatoms. The summed E-state index contributed by atoms with van der Waals surface area (Å²) in [5.74, 6) is 0.639. The highest BCUT2D eigenvalue weighted by Gasteiger charge is 2.20. The van der Waals surface area contributed by atoms with Crippen LogP contribution in [0, 0.1) is 0 Å². The summed E-state index contributed by atoms with van der Waals surface area (Å²) in [7, 11) is 1.82. The zero-order valence-electron chi connectivity index (χ0n) is 24.1. The second-order valence-corrected chi connectivity index (χ2v) is 11.3. The summed E-state index contributed by atoms with van der Waals surface area (Å²) in [5, 5.41) is 14.3. The molecule has 0 aliphatic carbocycles. The van der Waals surface area contributed by atoms with Gasteiger partial charge in [-0.25, -0.2) is 9.67 Å². The molecule has 3 heterocycles. The fraction of sp³-hybridized carbons (Fsp3) is 0.212. The van der Waals surface area contributed by atoms with Crippen LogP contribution in [0.3, 0.4) is 0 Å². The number of aryl methyl sites for hydroxylation is 1. The summed E-state index contributed by atoms with van der Waals surface area (Å²) in [6, 6.07) is 25.4. The van der Waals surface area contributed by atoms with Gasteiger partial charge in [-0.2, -0.15) is 0 Å². The van der Waals surface area contributed by atoms with Gasteiger partial charge in [-0.15, -0.1) is 16.4 Å². The number of benzene rings is 3. The van der Waals surface area contributed by atoms with Gasteiger partial charge < -0.3 is 4.90 Å². The average Bonchev–Trinajstić information content (AvgIpc) is 3.73. The van der Waals surface area contributed by atoms with Crippen molar-refractivity contribution in [2.24, 2.45) is 7.05 Å². The minimum absolute atomic E-state index is 0.0493. The number of thiophene rings is 1. The molecule has 0 aliphatic rings. The van der Waals surface area contributed by atoms with Gasteiger partial charge in [-0.05, 0) is 63.2 Å². The standard InChI is InChI=1S/C33H31N7O2S/c1-3-4-7-18-40(33(42)30-11-8-19-43-30)25-16-17-29-28(20-25)32(41)39(22-34-29)21-23-12-14-24(15-13-23)26-9-5-6-10-27(26)31-35-36-37-38(31)2/h5-6,8-17,19-20,22H,3-4,7,18,21H2,1-2H3. The summed E-state index contributed by atoms with van der Waals surface area (Å²) < 4.78 is 3.27. The van der Waals surface area contributed by atoms with Crippen molar-refractivity contribution in [1.29, 1.82) is 0 Å². The van der Waals surface area contributed by atoms with Crippen LogP contribution in [0.25, 0.3) is 33.4 Å². The average molecular weight is 590 g/mol. The second kappa shape index (κ2) is 12.5. The summed E-state index contributed by atoms with van der Waals surface area (Å²) in [5.41, 5.74) is 5.11. The van der Waals surface area contributed by atoms with Crippen LogP contribution in [-0.2, 0) is 13.6 Å². The Hall–Kier alpha value is -4.96. The number of anilines is 1. The van der Waals surface area contributed by atoms with Crippen molar-refractivity contribution >= 4 is 33.8 Å². The third kappa shape index (κ3) is 5.87. The lowest BCUT2D eigenvalue weighted by atomic mass is 9.98. The van der Waals surface area contributed by atoms with Crippen LogP contribution in [0.4, 0.5) is 5.69 Å². The van der Waals surface area contributed by atoms with Crippen LogP contribution in [0.5, 0.6) is 0 Å². The Morgan fingerprint density at radius 3 is 2.49 bits per heavy atom. The van der Waals surface area contributed by atoms with Gasteiger partial charge in [0.05, 0.1) is 28.7 Å². The fourth-order valence-corrected chi connectivity index (χ4v) is 5.87.